The second kappa shape index (κ2) is 9.43. The van der Waals surface area contributed by atoms with Gasteiger partial charge in [-0.2, -0.15) is 0 Å². The molecule has 0 aliphatic rings. The van der Waals surface area contributed by atoms with Crippen LogP contribution in [0, 0.1) is 0 Å². The third kappa shape index (κ3) is 4.79. The maximum absolute atomic E-state index is 13.5. The average molecular weight is 456 g/mol. The molecule has 10 nitrogen and oxygen atoms in total. The molecular weight excluding hydrogens is 436 g/mol. The van der Waals surface area contributed by atoms with E-state index < -0.39 is 29.1 Å². The molecule has 0 spiro atoms. The smallest absolute Gasteiger partial charge is 0.308 e. The van der Waals surface area contributed by atoms with E-state index in [1.165, 1.54) is 14.2 Å². The van der Waals surface area contributed by atoms with Crippen molar-refractivity contribution in [2.75, 3.05) is 14.2 Å². The van der Waals surface area contributed by atoms with Gasteiger partial charge in [0.1, 0.15) is 16.9 Å². The van der Waals surface area contributed by atoms with Crippen molar-refractivity contribution >= 4 is 28.9 Å². The summed E-state index contributed by atoms with van der Waals surface area (Å²) in [5.74, 6) is -2.68. The number of rotatable bonds is 6. The van der Waals surface area contributed by atoms with Crippen LogP contribution in [0.2, 0.25) is 0 Å². The Kier molecular flexibility index (Phi) is 6.67. The van der Waals surface area contributed by atoms with Crippen LogP contribution >= 0.6 is 0 Å². The highest BCUT2D eigenvalue weighted by molar-refractivity contribution is 5.96. The molecule has 1 aromatic heterocycles. The van der Waals surface area contributed by atoms with Crippen LogP contribution in [0.5, 0.6) is 28.7 Å². The molecule has 0 unspecified atom stereocenters. The lowest BCUT2D eigenvalue weighted by molar-refractivity contribution is -0.133. The number of esters is 3. The topological polar surface area (TPSA) is 128 Å². The summed E-state index contributed by atoms with van der Waals surface area (Å²) in [5, 5.41) is -0.244. The van der Waals surface area contributed by atoms with Gasteiger partial charge in [0, 0.05) is 32.4 Å². The molecule has 10 heteroatoms. The van der Waals surface area contributed by atoms with Gasteiger partial charge in [-0.15, -0.1) is 0 Å². The molecule has 0 atom stereocenters. The summed E-state index contributed by atoms with van der Waals surface area (Å²) in [7, 11) is 2.77. The normalized spacial score (nSPS) is 10.5. The number of ether oxygens (including phenoxy) is 5. The summed E-state index contributed by atoms with van der Waals surface area (Å²) in [6.45, 7) is 3.42. The number of hydrogen-bond donors (Lipinski definition) is 0. The number of hydrogen-bond acceptors (Lipinski definition) is 10. The first-order valence-electron chi connectivity index (χ1n) is 9.57. The maximum Gasteiger partial charge on any atom is 0.308 e. The van der Waals surface area contributed by atoms with Crippen molar-refractivity contribution < 1.29 is 42.5 Å². The summed E-state index contributed by atoms with van der Waals surface area (Å²) < 4.78 is 32.0. The molecule has 33 heavy (non-hydrogen) atoms. The van der Waals surface area contributed by atoms with E-state index in [9.17, 15) is 19.2 Å². The van der Waals surface area contributed by atoms with Crippen molar-refractivity contribution in [2.45, 2.75) is 20.8 Å². The molecule has 0 bridgehead atoms. The van der Waals surface area contributed by atoms with Crippen LogP contribution in [0.25, 0.3) is 22.3 Å². The molecule has 0 aliphatic heterocycles. The van der Waals surface area contributed by atoms with Gasteiger partial charge in [-0.25, -0.2) is 0 Å². The van der Waals surface area contributed by atoms with Crippen LogP contribution in [-0.4, -0.2) is 32.1 Å². The minimum Gasteiger partial charge on any atom is -0.497 e. The third-order valence-corrected chi connectivity index (χ3v) is 4.32. The molecule has 3 rings (SSSR count). The van der Waals surface area contributed by atoms with Gasteiger partial charge in [-0.1, -0.05) is 0 Å². The first-order valence-corrected chi connectivity index (χ1v) is 9.57. The number of fused-ring (bicyclic) bond motifs is 1. The zero-order valence-electron chi connectivity index (χ0n) is 18.5. The van der Waals surface area contributed by atoms with Crippen molar-refractivity contribution in [1.29, 1.82) is 0 Å². The Balaban J connectivity index is 2.47. The summed E-state index contributed by atoms with van der Waals surface area (Å²) in [6.07, 6.45) is 0. The average Bonchev–Trinajstić information content (AvgIpc) is 2.74. The molecule has 0 N–H and O–H groups in total. The lowest BCUT2D eigenvalue weighted by Gasteiger charge is -2.16. The van der Waals surface area contributed by atoms with Crippen LogP contribution in [0.3, 0.4) is 0 Å². The predicted octanol–water partition coefficient (Wildman–Crippen LogP) is 3.25. The fourth-order valence-electron chi connectivity index (χ4n) is 3.10. The minimum absolute atomic E-state index is 0.0996. The first kappa shape index (κ1) is 23.3. The van der Waals surface area contributed by atoms with Crippen molar-refractivity contribution in [1.82, 2.24) is 0 Å². The van der Waals surface area contributed by atoms with E-state index in [1.807, 2.05) is 0 Å². The van der Waals surface area contributed by atoms with Gasteiger partial charge < -0.3 is 28.1 Å². The number of methoxy groups -OCH3 is 2. The zero-order valence-corrected chi connectivity index (χ0v) is 18.5. The lowest BCUT2D eigenvalue weighted by Crippen LogP contribution is -2.16. The Hall–Kier alpha value is -4.34. The van der Waals surface area contributed by atoms with Crippen LogP contribution in [0.4, 0.5) is 0 Å². The molecule has 2 aromatic carbocycles. The van der Waals surface area contributed by atoms with Gasteiger partial charge in [0.25, 0.3) is 0 Å². The molecule has 3 aromatic rings. The van der Waals surface area contributed by atoms with Crippen molar-refractivity contribution in [2.24, 2.45) is 0 Å². The van der Waals surface area contributed by atoms with Crippen LogP contribution in [0.1, 0.15) is 20.8 Å². The Morgan fingerprint density at radius 3 is 1.85 bits per heavy atom. The van der Waals surface area contributed by atoms with Crippen molar-refractivity contribution in [3.8, 4) is 40.1 Å². The van der Waals surface area contributed by atoms with Gasteiger partial charge in [-0.05, 0) is 24.3 Å². The van der Waals surface area contributed by atoms with E-state index in [4.69, 9.17) is 28.1 Å². The highest BCUT2D eigenvalue weighted by atomic mass is 16.6. The highest BCUT2D eigenvalue weighted by Crippen LogP contribution is 2.44. The maximum atomic E-state index is 13.5. The van der Waals surface area contributed by atoms with Crippen LogP contribution in [0.15, 0.2) is 39.5 Å². The van der Waals surface area contributed by atoms with Gasteiger partial charge >= 0.3 is 17.9 Å². The standard InChI is InChI=1S/C23H20O10/c1-11(24)30-16-10-17(31-12(2)25)21(29-5)22-18(16)19(27)23(32-13(3)26)20(33-22)14-6-8-15(28-4)9-7-14/h6-10H,1-5H3. The largest absolute Gasteiger partial charge is 0.497 e. The van der Waals surface area contributed by atoms with E-state index in [0.717, 1.165) is 26.8 Å². The molecule has 0 saturated carbocycles. The molecular formula is C23H20O10. The van der Waals surface area contributed by atoms with E-state index in [1.54, 1.807) is 24.3 Å². The first-order chi connectivity index (χ1) is 15.7. The Bertz CT molecular complexity index is 1300. The van der Waals surface area contributed by atoms with Crippen molar-refractivity contribution in [3.63, 3.8) is 0 Å². The molecule has 0 aliphatic carbocycles. The van der Waals surface area contributed by atoms with Crippen LogP contribution in [-0.2, 0) is 14.4 Å². The second-order valence-electron chi connectivity index (χ2n) is 6.71. The molecule has 0 radical (unpaired) electrons. The zero-order chi connectivity index (χ0) is 24.3. The summed E-state index contributed by atoms with van der Waals surface area (Å²) in [6, 6.07) is 7.56. The van der Waals surface area contributed by atoms with Gasteiger partial charge in [0.15, 0.2) is 17.1 Å². The predicted molar refractivity (Wildman–Crippen MR) is 115 cm³/mol. The highest BCUT2D eigenvalue weighted by Gasteiger charge is 2.27. The Labute approximate surface area is 187 Å². The SMILES string of the molecule is COc1ccc(-c2oc3c(OC)c(OC(C)=O)cc(OC(C)=O)c3c(=O)c2OC(C)=O)cc1. The molecule has 0 amide bonds. The lowest BCUT2D eigenvalue weighted by atomic mass is 10.1. The quantitative estimate of drug-likeness (QED) is 0.403. The Morgan fingerprint density at radius 2 is 1.33 bits per heavy atom. The monoisotopic (exact) mass is 456 g/mol. The fraction of sp³-hybridized carbons (Fsp3) is 0.217. The summed E-state index contributed by atoms with van der Waals surface area (Å²) >= 11 is 0. The van der Waals surface area contributed by atoms with Gasteiger partial charge in [0.2, 0.25) is 16.9 Å². The summed E-state index contributed by atoms with van der Waals surface area (Å²) in [4.78, 5) is 48.5. The van der Waals surface area contributed by atoms with Gasteiger partial charge in [0.05, 0.1) is 14.2 Å². The minimum atomic E-state index is -0.804. The molecule has 0 saturated heterocycles. The third-order valence-electron chi connectivity index (χ3n) is 4.32. The Morgan fingerprint density at radius 1 is 0.758 bits per heavy atom. The molecule has 0 fully saturated rings. The van der Waals surface area contributed by atoms with E-state index in [2.05, 4.69) is 0 Å². The number of carbonyl (C=O) groups is 3. The van der Waals surface area contributed by atoms with Gasteiger partial charge in [-0.3, -0.25) is 19.2 Å². The number of benzene rings is 2. The second-order valence-corrected chi connectivity index (χ2v) is 6.71. The van der Waals surface area contributed by atoms with E-state index >= 15 is 0 Å². The summed E-state index contributed by atoms with van der Waals surface area (Å²) in [5.41, 5.74) is -0.611. The van der Waals surface area contributed by atoms with E-state index in [-0.39, 0.29) is 34.0 Å². The molecule has 1 heterocycles. The van der Waals surface area contributed by atoms with Crippen molar-refractivity contribution in [3.05, 3.63) is 40.6 Å². The van der Waals surface area contributed by atoms with Crippen LogP contribution < -0.4 is 29.1 Å². The molecule has 172 valence electrons. The van der Waals surface area contributed by atoms with E-state index in [0.29, 0.717) is 11.3 Å². The fourth-order valence-corrected chi connectivity index (χ4v) is 3.10. The number of carbonyl (C=O) groups excluding carboxylic acids is 3.